The Balaban J connectivity index is 1.51. The van der Waals surface area contributed by atoms with Crippen molar-refractivity contribution >= 4 is 17.5 Å². The molecule has 0 spiro atoms. The van der Waals surface area contributed by atoms with Crippen LogP contribution < -0.4 is 16.0 Å². The van der Waals surface area contributed by atoms with Crippen LogP contribution in [0.2, 0.25) is 0 Å². The number of nitrogens with zero attached hydrogens (tertiary/aromatic N) is 1. The quantitative estimate of drug-likeness (QED) is 0.821. The maximum Gasteiger partial charge on any atom is 0.407 e. The molecule has 1 aliphatic rings. The zero-order valence-corrected chi connectivity index (χ0v) is 14.2. The van der Waals surface area contributed by atoms with Gasteiger partial charge in [-0.1, -0.05) is 30.3 Å². The highest BCUT2D eigenvalue weighted by molar-refractivity contribution is 5.69. The lowest BCUT2D eigenvalue weighted by molar-refractivity contribution is 0.124. The minimum atomic E-state index is -1.28. The second-order valence-electron chi connectivity index (χ2n) is 6.27. The maximum atomic E-state index is 14.5. The Bertz CT molecular complexity index is 758. The minimum Gasteiger partial charge on any atom is -0.445 e. The predicted molar refractivity (Wildman–Crippen MR) is 96.1 cm³/mol. The summed E-state index contributed by atoms with van der Waals surface area (Å²) in [6.07, 6.45) is -1.52. The number of piperidine rings is 1. The van der Waals surface area contributed by atoms with Crippen molar-refractivity contribution < 1.29 is 18.3 Å². The van der Waals surface area contributed by atoms with Gasteiger partial charge in [0.1, 0.15) is 18.6 Å². The van der Waals surface area contributed by atoms with Crippen molar-refractivity contribution in [3.63, 3.8) is 0 Å². The Morgan fingerprint density at radius 3 is 2.73 bits per heavy atom. The summed E-state index contributed by atoms with van der Waals surface area (Å²) in [6, 6.07) is 12.7. The van der Waals surface area contributed by atoms with Crippen LogP contribution in [0.1, 0.15) is 12.0 Å². The number of nitrogens with two attached hydrogens (primary N) is 1. The zero-order valence-electron chi connectivity index (χ0n) is 14.2. The molecule has 1 heterocycles. The summed E-state index contributed by atoms with van der Waals surface area (Å²) in [5.41, 5.74) is 7.54. The number of carbonyl (C=O) groups is 1. The molecule has 1 saturated heterocycles. The van der Waals surface area contributed by atoms with Gasteiger partial charge in [-0.25, -0.2) is 13.6 Å². The molecule has 0 unspecified atom stereocenters. The number of hydrogen-bond donors (Lipinski definition) is 2. The monoisotopic (exact) mass is 361 g/mol. The molecule has 3 rings (SSSR count). The lowest BCUT2D eigenvalue weighted by atomic mass is 10.0. The van der Waals surface area contributed by atoms with Crippen LogP contribution in [-0.2, 0) is 11.3 Å². The first-order valence-electron chi connectivity index (χ1n) is 8.44. The molecule has 2 aromatic rings. The molecule has 1 aliphatic heterocycles. The van der Waals surface area contributed by atoms with Crippen molar-refractivity contribution in [2.24, 2.45) is 0 Å². The molecule has 1 amide bonds. The molecule has 138 valence electrons. The lowest BCUT2D eigenvalue weighted by Gasteiger charge is -2.36. The second kappa shape index (κ2) is 8.03. The molecule has 5 nitrogen and oxygen atoms in total. The van der Waals surface area contributed by atoms with Crippen LogP contribution >= 0.6 is 0 Å². The second-order valence-corrected chi connectivity index (χ2v) is 6.27. The maximum absolute atomic E-state index is 14.5. The van der Waals surface area contributed by atoms with E-state index in [1.54, 1.807) is 11.0 Å². The minimum absolute atomic E-state index is 0.0689. The molecule has 0 aromatic heterocycles. The fourth-order valence-corrected chi connectivity index (χ4v) is 3.02. The van der Waals surface area contributed by atoms with Gasteiger partial charge in [0.05, 0.1) is 24.0 Å². The number of halogens is 2. The van der Waals surface area contributed by atoms with Crippen LogP contribution in [0, 0.1) is 5.82 Å². The molecule has 3 N–H and O–H groups in total. The molecular formula is C19H21F2N3O2. The number of alkyl halides is 1. The number of rotatable bonds is 4. The van der Waals surface area contributed by atoms with Crippen molar-refractivity contribution in [3.8, 4) is 0 Å². The van der Waals surface area contributed by atoms with E-state index in [0.29, 0.717) is 18.7 Å². The fourth-order valence-electron chi connectivity index (χ4n) is 3.02. The van der Waals surface area contributed by atoms with E-state index in [1.165, 1.54) is 12.1 Å². The SMILES string of the molecule is Nc1cc(F)ccc1N1CC[C@H](NC(=O)OCc2ccccc2)[C@H](F)C1. The average molecular weight is 361 g/mol. The highest BCUT2D eigenvalue weighted by Gasteiger charge is 2.31. The summed E-state index contributed by atoms with van der Waals surface area (Å²) < 4.78 is 32.8. The van der Waals surface area contributed by atoms with E-state index in [4.69, 9.17) is 10.5 Å². The first-order chi connectivity index (χ1) is 12.5. The van der Waals surface area contributed by atoms with Crippen molar-refractivity contribution in [2.45, 2.75) is 25.2 Å². The van der Waals surface area contributed by atoms with Gasteiger partial charge in [-0.15, -0.1) is 0 Å². The van der Waals surface area contributed by atoms with Crippen molar-refractivity contribution in [1.82, 2.24) is 5.32 Å². The largest absolute Gasteiger partial charge is 0.445 e. The molecule has 26 heavy (non-hydrogen) atoms. The van der Waals surface area contributed by atoms with Gasteiger partial charge >= 0.3 is 6.09 Å². The summed E-state index contributed by atoms with van der Waals surface area (Å²) >= 11 is 0. The van der Waals surface area contributed by atoms with Crippen LogP contribution in [0.3, 0.4) is 0 Å². The Kier molecular flexibility index (Phi) is 5.55. The third-order valence-corrected chi connectivity index (χ3v) is 4.39. The van der Waals surface area contributed by atoms with Gasteiger partial charge in [-0.2, -0.15) is 0 Å². The molecular weight excluding hydrogens is 340 g/mol. The van der Waals surface area contributed by atoms with Crippen LogP contribution in [0.4, 0.5) is 25.0 Å². The molecule has 0 aliphatic carbocycles. The number of amides is 1. The Morgan fingerprint density at radius 1 is 1.27 bits per heavy atom. The van der Waals surface area contributed by atoms with Crippen LogP contribution in [0.25, 0.3) is 0 Å². The van der Waals surface area contributed by atoms with E-state index in [0.717, 1.165) is 5.56 Å². The van der Waals surface area contributed by atoms with E-state index in [9.17, 15) is 13.6 Å². The standard InChI is InChI=1S/C19H21F2N3O2/c20-14-6-7-18(16(22)10-14)24-9-8-17(15(21)11-24)23-19(25)26-12-13-4-2-1-3-5-13/h1-7,10,15,17H,8-9,11-12,22H2,(H,23,25)/t15-,17+/m1/s1. The van der Waals surface area contributed by atoms with Gasteiger partial charge in [0, 0.05) is 6.54 Å². The van der Waals surface area contributed by atoms with Gasteiger partial charge in [-0.3, -0.25) is 0 Å². The normalized spacial score (nSPS) is 19.8. The number of ether oxygens (including phenoxy) is 1. The third-order valence-electron chi connectivity index (χ3n) is 4.39. The number of alkyl carbamates (subject to hydrolysis) is 1. The molecule has 2 aromatic carbocycles. The number of anilines is 2. The number of benzene rings is 2. The highest BCUT2D eigenvalue weighted by Crippen LogP contribution is 2.27. The molecule has 1 fully saturated rings. The number of nitrogens with one attached hydrogen (secondary N) is 1. The summed E-state index contributed by atoms with van der Waals surface area (Å²) in [5.74, 6) is -0.430. The number of nitrogen functional groups attached to an aromatic ring is 1. The number of hydrogen-bond acceptors (Lipinski definition) is 4. The van der Waals surface area contributed by atoms with E-state index >= 15 is 0 Å². The van der Waals surface area contributed by atoms with E-state index in [-0.39, 0.29) is 18.8 Å². The van der Waals surface area contributed by atoms with Gasteiger partial charge in [-0.05, 0) is 30.2 Å². The smallest absolute Gasteiger partial charge is 0.407 e. The summed E-state index contributed by atoms with van der Waals surface area (Å²) in [6.45, 7) is 0.702. The highest BCUT2D eigenvalue weighted by atomic mass is 19.1. The van der Waals surface area contributed by atoms with Gasteiger partial charge in [0.15, 0.2) is 0 Å². The Morgan fingerprint density at radius 2 is 2.04 bits per heavy atom. The Labute approximate surface area is 150 Å². The molecule has 2 atom stereocenters. The predicted octanol–water partition coefficient (Wildman–Crippen LogP) is 3.25. The van der Waals surface area contributed by atoms with E-state index < -0.39 is 24.1 Å². The summed E-state index contributed by atoms with van der Waals surface area (Å²) in [7, 11) is 0. The topological polar surface area (TPSA) is 67.6 Å². The lowest BCUT2D eigenvalue weighted by Crippen LogP contribution is -2.52. The molecule has 0 saturated carbocycles. The summed E-state index contributed by atoms with van der Waals surface area (Å²) in [4.78, 5) is 13.7. The van der Waals surface area contributed by atoms with Crippen molar-refractivity contribution in [2.75, 3.05) is 23.7 Å². The molecule has 7 heteroatoms. The zero-order chi connectivity index (χ0) is 18.5. The van der Waals surface area contributed by atoms with E-state index in [2.05, 4.69) is 5.32 Å². The average Bonchev–Trinajstić information content (AvgIpc) is 2.63. The first-order valence-corrected chi connectivity index (χ1v) is 8.44. The van der Waals surface area contributed by atoms with Crippen molar-refractivity contribution in [1.29, 1.82) is 0 Å². The summed E-state index contributed by atoms with van der Waals surface area (Å²) in [5, 5.41) is 2.58. The van der Waals surface area contributed by atoms with Gasteiger partial charge in [0.2, 0.25) is 0 Å². The third kappa shape index (κ3) is 4.41. The van der Waals surface area contributed by atoms with Crippen molar-refractivity contribution in [3.05, 3.63) is 59.9 Å². The van der Waals surface area contributed by atoms with Crippen LogP contribution in [0.5, 0.6) is 0 Å². The molecule has 0 bridgehead atoms. The van der Waals surface area contributed by atoms with Crippen LogP contribution in [0.15, 0.2) is 48.5 Å². The molecule has 0 radical (unpaired) electrons. The van der Waals surface area contributed by atoms with Gasteiger partial charge < -0.3 is 20.7 Å². The number of carbonyl (C=O) groups excluding carboxylic acids is 1. The van der Waals surface area contributed by atoms with E-state index in [1.807, 2.05) is 30.3 Å². The van der Waals surface area contributed by atoms with Crippen LogP contribution in [-0.4, -0.2) is 31.4 Å². The van der Waals surface area contributed by atoms with Gasteiger partial charge in [0.25, 0.3) is 0 Å². The Hall–Kier alpha value is -2.83. The first kappa shape index (κ1) is 18.0. The fraction of sp³-hybridized carbons (Fsp3) is 0.316.